The van der Waals surface area contributed by atoms with Gasteiger partial charge in [0.15, 0.2) is 0 Å². The smallest absolute Gasteiger partial charge is 0.277 e. The van der Waals surface area contributed by atoms with Crippen molar-refractivity contribution >= 4 is 27.7 Å². The molecule has 0 atom stereocenters. The molecule has 0 aliphatic heterocycles. The maximum absolute atomic E-state index is 5.68. The molecule has 0 N–H and O–H groups in total. The number of hydrogen-bond acceptors (Lipinski definition) is 5. The number of nitrogens with zero attached hydrogens (tertiary/aromatic N) is 2. The summed E-state index contributed by atoms with van der Waals surface area (Å²) in [6.45, 7) is 0. The number of thioether (sulfide) groups is 1. The van der Waals surface area contributed by atoms with Crippen molar-refractivity contribution in [3.63, 3.8) is 0 Å². The number of rotatable bonds is 5. The Hall–Kier alpha value is -1.79. The molecule has 4 nitrogen and oxygen atoms in total. The van der Waals surface area contributed by atoms with E-state index < -0.39 is 0 Å². The van der Waals surface area contributed by atoms with E-state index in [0.29, 0.717) is 11.1 Å². The first-order valence-corrected chi connectivity index (χ1v) is 8.37. The predicted octanol–water partition coefficient (Wildman–Crippen LogP) is 4.80. The lowest BCUT2D eigenvalue weighted by atomic mass is 10.2. The Kier molecular flexibility index (Phi) is 4.80. The molecular weight excluding hydrogens is 364 g/mol. The van der Waals surface area contributed by atoms with Crippen LogP contribution in [0.3, 0.4) is 0 Å². The Labute approximate surface area is 141 Å². The van der Waals surface area contributed by atoms with Crippen LogP contribution in [0.15, 0.2) is 62.6 Å². The van der Waals surface area contributed by atoms with Crippen LogP contribution in [0.4, 0.5) is 0 Å². The summed E-state index contributed by atoms with van der Waals surface area (Å²) in [5.41, 5.74) is 2.05. The summed E-state index contributed by atoms with van der Waals surface area (Å²) in [6, 6.07) is 15.7. The van der Waals surface area contributed by atoms with Gasteiger partial charge in [0.2, 0.25) is 5.89 Å². The molecule has 0 saturated heterocycles. The summed E-state index contributed by atoms with van der Waals surface area (Å²) in [5.74, 6) is 2.12. The highest BCUT2D eigenvalue weighted by Gasteiger charge is 2.09. The zero-order chi connectivity index (χ0) is 15.4. The fraction of sp³-hybridized carbons (Fsp3) is 0.125. The van der Waals surface area contributed by atoms with Crippen LogP contribution in [-0.4, -0.2) is 17.3 Å². The second-order valence-corrected chi connectivity index (χ2v) is 6.36. The maximum Gasteiger partial charge on any atom is 0.277 e. The van der Waals surface area contributed by atoms with Crippen molar-refractivity contribution in [1.82, 2.24) is 10.2 Å². The first-order chi connectivity index (χ1) is 10.7. The predicted molar refractivity (Wildman–Crippen MR) is 90.0 cm³/mol. The molecule has 0 saturated carbocycles. The lowest BCUT2D eigenvalue weighted by Gasteiger charge is -2.02. The standard InChI is InChI=1S/C16H13BrN2O2S/c1-20-14-4-2-3-11(9-14)10-22-16-19-18-15(21-16)12-5-7-13(17)8-6-12/h2-9H,10H2,1H3. The Bertz CT molecular complexity index is 759. The lowest BCUT2D eigenvalue weighted by Crippen LogP contribution is -1.85. The molecule has 112 valence electrons. The summed E-state index contributed by atoms with van der Waals surface area (Å²) in [7, 11) is 1.66. The summed E-state index contributed by atoms with van der Waals surface area (Å²) < 4.78 is 11.9. The van der Waals surface area contributed by atoms with Crippen molar-refractivity contribution in [1.29, 1.82) is 0 Å². The van der Waals surface area contributed by atoms with E-state index in [0.717, 1.165) is 27.1 Å². The Morgan fingerprint density at radius 1 is 1.14 bits per heavy atom. The highest BCUT2D eigenvalue weighted by Crippen LogP contribution is 2.27. The third-order valence-electron chi connectivity index (χ3n) is 2.99. The number of aromatic nitrogens is 2. The molecule has 0 aliphatic carbocycles. The maximum atomic E-state index is 5.68. The number of halogens is 1. The summed E-state index contributed by atoms with van der Waals surface area (Å²) in [6.07, 6.45) is 0. The van der Waals surface area contributed by atoms with E-state index in [4.69, 9.17) is 9.15 Å². The van der Waals surface area contributed by atoms with E-state index in [1.807, 2.05) is 48.5 Å². The fourth-order valence-electron chi connectivity index (χ4n) is 1.88. The van der Waals surface area contributed by atoms with Gasteiger partial charge in [-0.25, -0.2) is 0 Å². The zero-order valence-electron chi connectivity index (χ0n) is 11.8. The second-order valence-electron chi connectivity index (χ2n) is 4.52. The Balaban J connectivity index is 1.67. The van der Waals surface area contributed by atoms with Gasteiger partial charge >= 0.3 is 0 Å². The molecule has 1 aromatic heterocycles. The van der Waals surface area contributed by atoms with E-state index in [9.17, 15) is 0 Å². The molecule has 22 heavy (non-hydrogen) atoms. The average molecular weight is 377 g/mol. The lowest BCUT2D eigenvalue weighted by molar-refractivity contribution is 0.414. The monoisotopic (exact) mass is 376 g/mol. The van der Waals surface area contributed by atoms with Gasteiger partial charge in [-0.2, -0.15) is 0 Å². The van der Waals surface area contributed by atoms with Crippen molar-refractivity contribution in [3.05, 3.63) is 58.6 Å². The van der Waals surface area contributed by atoms with Gasteiger partial charge < -0.3 is 9.15 Å². The van der Waals surface area contributed by atoms with E-state index >= 15 is 0 Å². The first kappa shape index (κ1) is 15.1. The van der Waals surface area contributed by atoms with Crippen LogP contribution < -0.4 is 4.74 Å². The van der Waals surface area contributed by atoms with Gasteiger partial charge in [-0.05, 0) is 42.0 Å². The molecule has 2 aromatic carbocycles. The highest BCUT2D eigenvalue weighted by molar-refractivity contribution is 9.10. The molecule has 1 heterocycles. The van der Waals surface area contributed by atoms with Crippen LogP contribution >= 0.6 is 27.7 Å². The van der Waals surface area contributed by atoms with Crippen LogP contribution in [0.2, 0.25) is 0 Å². The Morgan fingerprint density at radius 2 is 1.95 bits per heavy atom. The van der Waals surface area contributed by atoms with Gasteiger partial charge in [0.1, 0.15) is 5.75 Å². The fourth-order valence-corrected chi connectivity index (χ4v) is 2.85. The molecule has 3 rings (SSSR count). The molecule has 0 bridgehead atoms. The van der Waals surface area contributed by atoms with Crippen LogP contribution in [0.1, 0.15) is 5.56 Å². The zero-order valence-corrected chi connectivity index (χ0v) is 14.2. The first-order valence-electron chi connectivity index (χ1n) is 6.60. The van der Waals surface area contributed by atoms with E-state index in [1.54, 1.807) is 7.11 Å². The van der Waals surface area contributed by atoms with Crippen LogP contribution in [0.5, 0.6) is 5.75 Å². The summed E-state index contributed by atoms with van der Waals surface area (Å²) in [5, 5.41) is 8.72. The van der Waals surface area contributed by atoms with Gasteiger partial charge in [-0.3, -0.25) is 0 Å². The molecule has 0 radical (unpaired) electrons. The summed E-state index contributed by atoms with van der Waals surface area (Å²) in [4.78, 5) is 0. The van der Waals surface area contributed by atoms with Gasteiger partial charge in [-0.15, -0.1) is 10.2 Å². The van der Waals surface area contributed by atoms with Crippen molar-refractivity contribution in [2.24, 2.45) is 0 Å². The van der Waals surface area contributed by atoms with Gasteiger partial charge in [-0.1, -0.05) is 39.8 Å². The molecular formula is C16H13BrN2O2S. The summed E-state index contributed by atoms with van der Waals surface area (Å²) >= 11 is 4.91. The molecule has 3 aromatic rings. The Morgan fingerprint density at radius 3 is 2.73 bits per heavy atom. The number of ether oxygens (including phenoxy) is 1. The third kappa shape index (κ3) is 3.69. The van der Waals surface area contributed by atoms with Crippen LogP contribution in [0.25, 0.3) is 11.5 Å². The topological polar surface area (TPSA) is 48.2 Å². The SMILES string of the molecule is COc1cccc(CSc2nnc(-c3ccc(Br)cc3)o2)c1. The molecule has 6 heteroatoms. The van der Waals surface area contributed by atoms with Crippen LogP contribution in [-0.2, 0) is 5.75 Å². The van der Waals surface area contributed by atoms with Gasteiger partial charge in [0.25, 0.3) is 5.22 Å². The molecule has 0 amide bonds. The normalized spacial score (nSPS) is 10.6. The third-order valence-corrected chi connectivity index (χ3v) is 4.41. The largest absolute Gasteiger partial charge is 0.497 e. The second kappa shape index (κ2) is 6.98. The number of hydrogen-bond donors (Lipinski definition) is 0. The minimum absolute atomic E-state index is 0.528. The van der Waals surface area contributed by atoms with E-state index in [1.165, 1.54) is 11.8 Å². The van der Waals surface area contributed by atoms with E-state index in [-0.39, 0.29) is 0 Å². The van der Waals surface area contributed by atoms with Crippen molar-refractivity contribution in [3.8, 4) is 17.2 Å². The number of benzene rings is 2. The van der Waals surface area contributed by atoms with Crippen LogP contribution in [0, 0.1) is 0 Å². The molecule has 0 spiro atoms. The molecule has 0 unspecified atom stereocenters. The van der Waals surface area contributed by atoms with Crippen molar-refractivity contribution < 1.29 is 9.15 Å². The minimum atomic E-state index is 0.528. The van der Waals surface area contributed by atoms with Gasteiger partial charge in [0, 0.05) is 15.8 Å². The van der Waals surface area contributed by atoms with Crippen molar-refractivity contribution in [2.75, 3.05) is 7.11 Å². The molecule has 0 fully saturated rings. The average Bonchev–Trinajstić information content (AvgIpc) is 3.03. The number of methoxy groups -OCH3 is 1. The highest BCUT2D eigenvalue weighted by atomic mass is 79.9. The quantitative estimate of drug-likeness (QED) is 0.598. The van der Waals surface area contributed by atoms with E-state index in [2.05, 4.69) is 26.1 Å². The van der Waals surface area contributed by atoms with Gasteiger partial charge in [0.05, 0.1) is 7.11 Å². The minimum Gasteiger partial charge on any atom is -0.497 e. The molecule has 0 aliphatic rings. The van der Waals surface area contributed by atoms with Crippen molar-refractivity contribution in [2.45, 2.75) is 11.0 Å².